The molecule has 0 saturated heterocycles. The number of hydrogen-bond donors (Lipinski definition) is 8. The summed E-state index contributed by atoms with van der Waals surface area (Å²) in [4.78, 5) is 59.8. The Bertz CT molecular complexity index is 997. The topological polar surface area (TPSA) is 197 Å². The molecule has 0 aliphatic rings. The van der Waals surface area contributed by atoms with Gasteiger partial charge in [0.25, 0.3) is 0 Å². The lowest BCUT2D eigenvalue weighted by atomic mass is 10.2. The summed E-state index contributed by atoms with van der Waals surface area (Å²) < 4.78 is 22.0. The maximum atomic E-state index is 11.9. The second kappa shape index (κ2) is 14.1. The molecule has 0 aromatic heterocycles. The molecule has 14 heteroatoms. The number of carbonyl (C=O) groups excluding carboxylic acids is 2. The van der Waals surface area contributed by atoms with Crippen LogP contribution in [0, 0.1) is 0 Å². The fraction of sp³-hybridized carbons (Fsp3) is 0.364. The fourth-order valence-corrected chi connectivity index (χ4v) is 4.59. The molecular formula is C22H32N4O8P2. The molecule has 0 bridgehead atoms. The fourth-order valence-electron chi connectivity index (χ4n) is 3.22. The summed E-state index contributed by atoms with van der Waals surface area (Å²) in [6.45, 7) is 0.960. The van der Waals surface area contributed by atoms with Crippen LogP contribution in [0.15, 0.2) is 48.5 Å². The molecule has 0 aliphatic heterocycles. The predicted octanol–water partition coefficient (Wildman–Crippen LogP) is 3.55. The first kappa shape index (κ1) is 29.5. The maximum Gasteiger partial charge on any atom is 0.329 e. The number of anilines is 2. The van der Waals surface area contributed by atoms with E-state index in [-0.39, 0.29) is 24.4 Å². The normalized spacial score (nSPS) is 11.6. The SMILES string of the molecule is O=C(NCCCCCCNC(=O)Nc1ccc(CP(=O)(O)O)cc1)Nc1ccc(CP(=O)(O)O)cc1. The van der Waals surface area contributed by atoms with Gasteiger partial charge in [0.05, 0.1) is 12.3 Å². The van der Waals surface area contributed by atoms with Crippen LogP contribution in [-0.4, -0.2) is 44.7 Å². The third-order valence-electron chi connectivity index (χ3n) is 4.88. The number of benzene rings is 2. The van der Waals surface area contributed by atoms with E-state index in [0.29, 0.717) is 35.6 Å². The van der Waals surface area contributed by atoms with Gasteiger partial charge in [0, 0.05) is 24.5 Å². The monoisotopic (exact) mass is 542 g/mol. The van der Waals surface area contributed by atoms with Crippen molar-refractivity contribution in [3.8, 4) is 0 Å². The minimum Gasteiger partial charge on any atom is -0.338 e. The number of rotatable bonds is 13. The first-order valence-corrected chi connectivity index (χ1v) is 14.9. The van der Waals surface area contributed by atoms with Gasteiger partial charge >= 0.3 is 27.3 Å². The Hall–Kier alpha value is -2.72. The molecule has 0 saturated carbocycles. The van der Waals surface area contributed by atoms with Crippen molar-refractivity contribution in [3.63, 3.8) is 0 Å². The van der Waals surface area contributed by atoms with Crippen molar-refractivity contribution in [2.24, 2.45) is 0 Å². The van der Waals surface area contributed by atoms with E-state index in [2.05, 4.69) is 21.3 Å². The van der Waals surface area contributed by atoms with Gasteiger partial charge in [-0.15, -0.1) is 0 Å². The zero-order valence-electron chi connectivity index (χ0n) is 19.6. The lowest BCUT2D eigenvalue weighted by Gasteiger charge is -2.10. The zero-order valence-corrected chi connectivity index (χ0v) is 21.4. The molecule has 4 amide bonds. The standard InChI is InChI=1S/C22H32N4O8P2/c27-21(25-19-9-5-17(6-10-19)15-35(29,30)31)23-13-3-1-2-4-14-24-22(28)26-20-11-7-18(8-12-20)16-36(32,33)34/h5-12H,1-4,13-16H2,(H2,23,25,27)(H2,24,26,28)(H2,29,30,31)(H2,32,33,34). The van der Waals surface area contributed by atoms with Crippen molar-refractivity contribution in [2.45, 2.75) is 38.0 Å². The van der Waals surface area contributed by atoms with Crippen LogP contribution in [0.2, 0.25) is 0 Å². The van der Waals surface area contributed by atoms with Crippen LogP contribution < -0.4 is 21.3 Å². The predicted molar refractivity (Wildman–Crippen MR) is 137 cm³/mol. The van der Waals surface area contributed by atoms with Gasteiger partial charge in [-0.25, -0.2) is 9.59 Å². The van der Waals surface area contributed by atoms with Crippen LogP contribution in [0.3, 0.4) is 0 Å². The minimum absolute atomic E-state index is 0.350. The van der Waals surface area contributed by atoms with E-state index < -0.39 is 15.2 Å². The summed E-state index contributed by atoms with van der Waals surface area (Å²) in [7, 11) is -8.26. The van der Waals surface area contributed by atoms with E-state index in [1.54, 1.807) is 48.5 Å². The molecule has 0 fully saturated rings. The minimum atomic E-state index is -4.13. The van der Waals surface area contributed by atoms with Gasteiger partial charge < -0.3 is 40.8 Å². The molecule has 2 aromatic rings. The molecule has 0 aliphatic carbocycles. The van der Waals surface area contributed by atoms with Gasteiger partial charge in [0.15, 0.2) is 0 Å². The largest absolute Gasteiger partial charge is 0.338 e. The van der Waals surface area contributed by atoms with Crippen LogP contribution >= 0.6 is 15.2 Å². The van der Waals surface area contributed by atoms with Crippen molar-refractivity contribution in [1.82, 2.24) is 10.6 Å². The van der Waals surface area contributed by atoms with E-state index in [1.807, 2.05) is 0 Å². The first-order chi connectivity index (χ1) is 16.9. The molecule has 2 aromatic carbocycles. The second-order valence-electron chi connectivity index (χ2n) is 8.22. The van der Waals surface area contributed by atoms with E-state index in [1.165, 1.54) is 0 Å². The molecule has 198 valence electrons. The number of urea groups is 2. The molecule has 0 radical (unpaired) electrons. The highest BCUT2D eigenvalue weighted by Gasteiger charge is 2.14. The van der Waals surface area contributed by atoms with Crippen molar-refractivity contribution in [1.29, 1.82) is 0 Å². The number of unbranched alkanes of at least 4 members (excludes halogenated alkanes) is 3. The van der Waals surface area contributed by atoms with Crippen molar-refractivity contribution in [3.05, 3.63) is 59.7 Å². The molecule has 0 heterocycles. The maximum absolute atomic E-state index is 11.9. The first-order valence-electron chi connectivity index (χ1n) is 11.3. The summed E-state index contributed by atoms with van der Waals surface area (Å²) in [5.41, 5.74) is 2.00. The average Bonchev–Trinajstić information content (AvgIpc) is 2.76. The molecule has 12 nitrogen and oxygen atoms in total. The van der Waals surface area contributed by atoms with E-state index in [9.17, 15) is 18.7 Å². The molecule has 0 unspecified atom stereocenters. The number of hydrogen-bond acceptors (Lipinski definition) is 4. The van der Waals surface area contributed by atoms with Gasteiger partial charge in [-0.1, -0.05) is 37.1 Å². The second-order valence-corrected chi connectivity index (χ2v) is 11.5. The molecule has 36 heavy (non-hydrogen) atoms. The third kappa shape index (κ3) is 13.4. The van der Waals surface area contributed by atoms with Crippen molar-refractivity contribution in [2.75, 3.05) is 23.7 Å². The van der Waals surface area contributed by atoms with Gasteiger partial charge in [-0.05, 0) is 48.2 Å². The highest BCUT2D eigenvalue weighted by atomic mass is 31.2. The van der Waals surface area contributed by atoms with Gasteiger partial charge in [-0.3, -0.25) is 9.13 Å². The number of nitrogens with one attached hydrogen (secondary N) is 4. The third-order valence-corrected chi connectivity index (χ3v) is 6.43. The van der Waals surface area contributed by atoms with E-state index in [4.69, 9.17) is 19.6 Å². The summed E-state index contributed by atoms with van der Waals surface area (Å²) in [5, 5.41) is 10.8. The van der Waals surface area contributed by atoms with Crippen LogP contribution in [0.5, 0.6) is 0 Å². The van der Waals surface area contributed by atoms with Gasteiger partial charge in [0.1, 0.15) is 0 Å². The lowest BCUT2D eigenvalue weighted by molar-refractivity contribution is 0.250. The van der Waals surface area contributed by atoms with Crippen LogP contribution in [0.4, 0.5) is 21.0 Å². The summed E-state index contributed by atoms with van der Waals surface area (Å²) in [6.07, 6.45) is 2.56. The van der Waals surface area contributed by atoms with E-state index >= 15 is 0 Å². The number of amides is 4. The van der Waals surface area contributed by atoms with Gasteiger partial charge in [-0.2, -0.15) is 0 Å². The molecule has 8 N–H and O–H groups in total. The highest BCUT2D eigenvalue weighted by molar-refractivity contribution is 7.51. The quantitative estimate of drug-likeness (QED) is 0.139. The highest BCUT2D eigenvalue weighted by Crippen LogP contribution is 2.39. The average molecular weight is 542 g/mol. The Labute approximate surface area is 209 Å². The Morgan fingerprint density at radius 3 is 1.22 bits per heavy atom. The number of carbonyl (C=O) groups is 2. The Morgan fingerprint density at radius 1 is 0.583 bits per heavy atom. The molecular weight excluding hydrogens is 510 g/mol. The smallest absolute Gasteiger partial charge is 0.329 e. The van der Waals surface area contributed by atoms with Crippen molar-refractivity contribution >= 4 is 38.6 Å². The van der Waals surface area contributed by atoms with Crippen LogP contribution in [0.25, 0.3) is 0 Å². The summed E-state index contributed by atoms with van der Waals surface area (Å²) in [6, 6.07) is 11.8. The summed E-state index contributed by atoms with van der Waals surface area (Å²) >= 11 is 0. The van der Waals surface area contributed by atoms with Crippen molar-refractivity contribution < 1.29 is 38.3 Å². The van der Waals surface area contributed by atoms with E-state index in [0.717, 1.165) is 25.7 Å². The van der Waals surface area contributed by atoms with Crippen LogP contribution in [-0.2, 0) is 21.5 Å². The Balaban J connectivity index is 1.52. The van der Waals surface area contributed by atoms with Crippen LogP contribution in [0.1, 0.15) is 36.8 Å². The zero-order chi connectivity index (χ0) is 26.6. The molecule has 0 spiro atoms. The molecule has 2 rings (SSSR count). The Kier molecular flexibility index (Phi) is 11.6. The lowest BCUT2D eigenvalue weighted by Crippen LogP contribution is -2.30. The molecule has 0 atom stereocenters. The van der Waals surface area contributed by atoms with Gasteiger partial charge in [0.2, 0.25) is 0 Å². The Morgan fingerprint density at radius 2 is 0.917 bits per heavy atom. The summed E-state index contributed by atoms with van der Waals surface area (Å²) in [5.74, 6) is 0.